The fraction of sp³-hybridized carbons (Fsp3) is 0.345. The molecule has 1 aliphatic heterocycles. The summed E-state index contributed by atoms with van der Waals surface area (Å²) in [6.45, 7) is 10.5. The number of halogens is 1. The molecule has 0 bridgehead atoms. The predicted molar refractivity (Wildman–Crippen MR) is 143 cm³/mol. The molecule has 4 aromatic rings. The van der Waals surface area contributed by atoms with Crippen molar-refractivity contribution in [3.05, 3.63) is 76.0 Å². The van der Waals surface area contributed by atoms with Gasteiger partial charge in [-0.05, 0) is 38.1 Å². The highest BCUT2D eigenvalue weighted by Crippen LogP contribution is 2.47. The van der Waals surface area contributed by atoms with Crippen molar-refractivity contribution in [3.8, 4) is 5.75 Å². The van der Waals surface area contributed by atoms with Gasteiger partial charge >= 0.3 is 5.97 Å². The highest BCUT2D eigenvalue weighted by Gasteiger charge is 2.34. The molecule has 1 aliphatic rings. The van der Waals surface area contributed by atoms with E-state index in [-0.39, 0.29) is 18.4 Å². The van der Waals surface area contributed by atoms with E-state index < -0.39 is 5.97 Å². The molecule has 0 spiro atoms. The lowest BCUT2D eigenvalue weighted by molar-refractivity contribution is 0.0526. The number of aromatic hydroxyl groups is 1. The minimum atomic E-state index is -0.449. The molecule has 1 fully saturated rings. The first-order valence-corrected chi connectivity index (χ1v) is 12.9. The minimum Gasteiger partial charge on any atom is -0.507 e. The Bertz CT molecular complexity index is 1400. The number of hydrogen-bond donors (Lipinski definition) is 1. The Kier molecular flexibility index (Phi) is 6.93. The van der Waals surface area contributed by atoms with Gasteiger partial charge in [0.2, 0.25) is 0 Å². The number of hydrogen-bond acceptors (Lipinski definition) is 6. The summed E-state index contributed by atoms with van der Waals surface area (Å²) >= 11 is 6.25. The Balaban J connectivity index is 1.83. The molecule has 0 saturated carbocycles. The quantitative estimate of drug-likeness (QED) is 0.316. The zero-order valence-corrected chi connectivity index (χ0v) is 21.6. The fourth-order valence-electron chi connectivity index (χ4n) is 5.40. The van der Waals surface area contributed by atoms with Crippen LogP contribution in [-0.4, -0.2) is 60.2 Å². The van der Waals surface area contributed by atoms with Crippen molar-refractivity contribution < 1.29 is 19.1 Å². The van der Waals surface area contributed by atoms with Gasteiger partial charge in [0.15, 0.2) is 0 Å². The second-order valence-electron chi connectivity index (χ2n) is 9.19. The van der Waals surface area contributed by atoms with E-state index in [1.165, 1.54) is 0 Å². The number of aryl methyl sites for hydroxylation is 1. The van der Waals surface area contributed by atoms with E-state index in [2.05, 4.69) is 16.7 Å². The lowest BCUT2D eigenvalue weighted by Gasteiger charge is -2.40. The topological polar surface area (TPSA) is 66.2 Å². The summed E-state index contributed by atoms with van der Waals surface area (Å²) in [5.74, 6) is 0.184. The Hall–Kier alpha value is -3.06. The molecule has 0 radical (unpaired) electrons. The molecule has 1 aromatic heterocycles. The number of rotatable bonds is 6. The minimum absolute atomic E-state index is 0.155. The third kappa shape index (κ3) is 4.23. The lowest BCUT2D eigenvalue weighted by atomic mass is 9.88. The van der Waals surface area contributed by atoms with E-state index in [1.54, 1.807) is 13.8 Å². The number of benzene rings is 3. The second kappa shape index (κ2) is 10.1. The normalized spacial score (nSPS) is 16.0. The van der Waals surface area contributed by atoms with Gasteiger partial charge in [-0.2, -0.15) is 0 Å². The molecule has 1 saturated heterocycles. The highest BCUT2D eigenvalue weighted by molar-refractivity contribution is 6.30. The van der Waals surface area contributed by atoms with Gasteiger partial charge < -0.3 is 19.2 Å². The van der Waals surface area contributed by atoms with E-state index in [0.717, 1.165) is 43.7 Å². The Morgan fingerprint density at radius 3 is 2.36 bits per heavy atom. The van der Waals surface area contributed by atoms with Crippen LogP contribution >= 0.6 is 11.6 Å². The number of nitrogens with zero attached hydrogens (tertiary/aromatic N) is 2. The number of phenolic OH excluding ortho intramolecular Hbond substituents is 1. The number of piperazine rings is 1. The van der Waals surface area contributed by atoms with Crippen molar-refractivity contribution in [1.82, 2.24) is 9.80 Å². The smallest absolute Gasteiger partial charge is 0.342 e. The number of furan rings is 1. The van der Waals surface area contributed by atoms with Crippen molar-refractivity contribution >= 4 is 39.3 Å². The van der Waals surface area contributed by atoms with Crippen LogP contribution in [0.3, 0.4) is 0 Å². The van der Waals surface area contributed by atoms with E-state index in [1.807, 2.05) is 48.5 Å². The van der Waals surface area contributed by atoms with Crippen LogP contribution in [0.15, 0.2) is 52.9 Å². The van der Waals surface area contributed by atoms with Crippen molar-refractivity contribution in [1.29, 1.82) is 0 Å². The first-order valence-electron chi connectivity index (χ1n) is 12.5. The molecule has 1 N–H and O–H groups in total. The molecule has 6 nitrogen and oxygen atoms in total. The molecular weight excluding hydrogens is 476 g/mol. The van der Waals surface area contributed by atoms with Gasteiger partial charge in [0.05, 0.1) is 12.6 Å². The number of phenols is 1. The summed E-state index contributed by atoms with van der Waals surface area (Å²) in [5, 5.41) is 14.6. The molecule has 2 heterocycles. The highest BCUT2D eigenvalue weighted by atomic mass is 35.5. The largest absolute Gasteiger partial charge is 0.507 e. The fourth-order valence-corrected chi connectivity index (χ4v) is 5.53. The average Bonchev–Trinajstić information content (AvgIpc) is 3.24. The van der Waals surface area contributed by atoms with Gasteiger partial charge in [-0.25, -0.2) is 4.79 Å². The van der Waals surface area contributed by atoms with Crippen LogP contribution in [0.1, 0.15) is 47.1 Å². The summed E-state index contributed by atoms with van der Waals surface area (Å²) in [4.78, 5) is 18.0. The van der Waals surface area contributed by atoms with Gasteiger partial charge in [0, 0.05) is 52.9 Å². The van der Waals surface area contributed by atoms with Gasteiger partial charge in [0.1, 0.15) is 22.7 Å². The Morgan fingerprint density at radius 2 is 1.72 bits per heavy atom. The van der Waals surface area contributed by atoms with Crippen molar-refractivity contribution in [2.75, 3.05) is 39.3 Å². The lowest BCUT2D eigenvalue weighted by Crippen LogP contribution is -2.47. The van der Waals surface area contributed by atoms with Crippen LogP contribution in [0.5, 0.6) is 5.75 Å². The summed E-state index contributed by atoms with van der Waals surface area (Å²) in [6, 6.07) is 15.0. The molecule has 36 heavy (non-hydrogen) atoms. The molecular formula is C29H31ClN2O4. The number of fused-ring (bicyclic) bond motifs is 3. The number of carbonyl (C=O) groups excluding carboxylic acids is 1. The summed E-state index contributed by atoms with van der Waals surface area (Å²) in [5.41, 5.74) is 2.61. The zero-order chi connectivity index (χ0) is 25.4. The maximum atomic E-state index is 13.2. The van der Waals surface area contributed by atoms with E-state index in [0.29, 0.717) is 38.3 Å². The average molecular weight is 507 g/mol. The Morgan fingerprint density at radius 1 is 1.06 bits per heavy atom. The van der Waals surface area contributed by atoms with E-state index in [9.17, 15) is 9.90 Å². The molecule has 3 aromatic carbocycles. The summed E-state index contributed by atoms with van der Waals surface area (Å²) in [6.07, 6.45) is 0. The maximum Gasteiger partial charge on any atom is 0.342 e. The second-order valence-corrected chi connectivity index (χ2v) is 9.63. The third-order valence-electron chi connectivity index (χ3n) is 7.19. The van der Waals surface area contributed by atoms with Gasteiger partial charge in [-0.1, -0.05) is 54.9 Å². The van der Waals surface area contributed by atoms with Crippen LogP contribution in [0.25, 0.3) is 21.7 Å². The van der Waals surface area contributed by atoms with E-state index in [4.69, 9.17) is 20.8 Å². The molecule has 0 aliphatic carbocycles. The van der Waals surface area contributed by atoms with Gasteiger partial charge in [-0.15, -0.1) is 0 Å². The maximum absolute atomic E-state index is 13.2. The monoisotopic (exact) mass is 506 g/mol. The molecule has 1 atom stereocenters. The molecule has 5 rings (SSSR count). The SMILES string of the molecule is CCOC(=O)c1c(C)oc2c1c([C@@H](c1ccc(Cl)cc1)N1CCN(CC)CC1)c(O)c1ccccc12. The molecule has 7 heteroatoms. The van der Waals surface area contributed by atoms with Gasteiger partial charge in [-0.3, -0.25) is 4.90 Å². The van der Waals surface area contributed by atoms with Crippen LogP contribution in [0, 0.1) is 6.92 Å². The summed E-state index contributed by atoms with van der Waals surface area (Å²) in [7, 11) is 0. The number of carbonyl (C=O) groups is 1. The van der Waals surface area contributed by atoms with Crippen LogP contribution < -0.4 is 0 Å². The summed E-state index contributed by atoms with van der Waals surface area (Å²) < 4.78 is 11.7. The van der Waals surface area contributed by atoms with Crippen molar-refractivity contribution in [2.45, 2.75) is 26.8 Å². The van der Waals surface area contributed by atoms with Crippen LogP contribution in [0.4, 0.5) is 0 Å². The molecule has 0 amide bonds. The Labute approximate surface area is 216 Å². The zero-order valence-electron chi connectivity index (χ0n) is 20.9. The number of esters is 1. The van der Waals surface area contributed by atoms with Crippen molar-refractivity contribution in [3.63, 3.8) is 0 Å². The van der Waals surface area contributed by atoms with Gasteiger partial charge in [0.25, 0.3) is 0 Å². The standard InChI is InChI=1S/C29H31ClN2O4/c1-4-31-14-16-32(17-15-31)26(19-10-12-20(30)13-11-19)25-24-23(29(34)35-5-2)18(3)36-28(24)22-9-7-6-8-21(22)27(25)33/h6-13,26,33H,4-5,14-17H2,1-3H3/t26-/m1/s1. The van der Waals surface area contributed by atoms with E-state index >= 15 is 0 Å². The predicted octanol–water partition coefficient (Wildman–Crippen LogP) is 6.16. The van der Waals surface area contributed by atoms with Crippen molar-refractivity contribution in [2.24, 2.45) is 0 Å². The van der Waals surface area contributed by atoms with Crippen LogP contribution in [-0.2, 0) is 4.74 Å². The first-order chi connectivity index (χ1) is 17.4. The molecule has 0 unspecified atom stereocenters. The number of ether oxygens (including phenoxy) is 1. The number of likely N-dealkylation sites (N-methyl/N-ethyl adjacent to an activating group) is 1. The first kappa shape index (κ1) is 24.6. The van der Waals surface area contributed by atoms with Crippen LogP contribution in [0.2, 0.25) is 5.02 Å². The third-order valence-corrected chi connectivity index (χ3v) is 7.45. The molecule has 188 valence electrons.